The van der Waals surface area contributed by atoms with Gasteiger partial charge in [-0.3, -0.25) is 4.21 Å². The first kappa shape index (κ1) is 17.3. The summed E-state index contributed by atoms with van der Waals surface area (Å²) in [6.45, 7) is 1.85. The average molecular weight is 388 g/mol. The van der Waals surface area contributed by atoms with Gasteiger partial charge in [-0.05, 0) is 22.4 Å². The fourth-order valence-corrected chi connectivity index (χ4v) is 3.72. The molecule has 20 heavy (non-hydrogen) atoms. The number of rotatable bonds is 7. The van der Waals surface area contributed by atoms with Gasteiger partial charge in [-0.15, -0.1) is 0 Å². The topological polar surface area (TPSA) is 114 Å². The molecule has 10 heteroatoms. The molecule has 1 heterocycles. The maximum absolute atomic E-state index is 12.0. The van der Waals surface area contributed by atoms with Crippen LogP contribution >= 0.6 is 15.9 Å². The van der Waals surface area contributed by atoms with Crippen LogP contribution in [0, 0.1) is 0 Å². The molecule has 2 unspecified atom stereocenters. The van der Waals surface area contributed by atoms with Crippen molar-refractivity contribution in [1.29, 1.82) is 0 Å². The minimum absolute atomic E-state index is 0.100. The first-order chi connectivity index (χ1) is 9.15. The van der Waals surface area contributed by atoms with E-state index in [1.54, 1.807) is 13.2 Å². The van der Waals surface area contributed by atoms with E-state index in [1.807, 2.05) is 0 Å². The maximum atomic E-state index is 12.0. The summed E-state index contributed by atoms with van der Waals surface area (Å²) in [4.78, 5) is 10.4. The predicted octanol–water partition coefficient (Wildman–Crippen LogP) is 1.18. The highest BCUT2D eigenvalue weighted by Gasteiger charge is 2.24. The molecule has 0 fully saturated rings. The lowest BCUT2D eigenvalue weighted by molar-refractivity contribution is 0.0661. The zero-order chi connectivity index (χ0) is 15.5. The van der Waals surface area contributed by atoms with Gasteiger partial charge in [-0.2, -0.15) is 0 Å². The molecule has 0 aliphatic heterocycles. The fourth-order valence-electron chi connectivity index (χ4n) is 1.28. The molecule has 2 atom stereocenters. The Bertz CT molecular complexity index is 624. The number of carboxylic acids is 1. The van der Waals surface area contributed by atoms with Gasteiger partial charge in [0.2, 0.25) is 15.8 Å². The molecule has 1 rings (SSSR count). The first-order valence-electron chi connectivity index (χ1n) is 5.49. The third kappa shape index (κ3) is 4.40. The van der Waals surface area contributed by atoms with Gasteiger partial charge in [-0.25, -0.2) is 17.9 Å². The fraction of sp³-hybridized carbons (Fsp3) is 0.500. The van der Waals surface area contributed by atoms with Crippen LogP contribution in [0.5, 0.6) is 0 Å². The van der Waals surface area contributed by atoms with Crippen molar-refractivity contribution in [2.24, 2.45) is 0 Å². The monoisotopic (exact) mass is 387 g/mol. The first-order valence-corrected chi connectivity index (χ1v) is 9.39. The van der Waals surface area contributed by atoms with Crippen LogP contribution < -0.4 is 4.72 Å². The van der Waals surface area contributed by atoms with Crippen molar-refractivity contribution in [2.75, 3.05) is 12.8 Å². The molecular weight excluding hydrogens is 374 g/mol. The van der Waals surface area contributed by atoms with Gasteiger partial charge in [0.05, 0.1) is 0 Å². The molecule has 0 saturated heterocycles. The van der Waals surface area contributed by atoms with E-state index >= 15 is 0 Å². The van der Waals surface area contributed by atoms with Gasteiger partial charge >= 0.3 is 5.97 Å². The van der Waals surface area contributed by atoms with Crippen molar-refractivity contribution in [2.45, 2.75) is 23.5 Å². The lowest BCUT2D eigenvalue weighted by Crippen LogP contribution is -2.27. The number of carboxylic acid groups (broad SMARTS) is 1. The molecule has 0 aliphatic rings. The summed E-state index contributed by atoms with van der Waals surface area (Å²) in [5, 5.41) is 8.60. The van der Waals surface area contributed by atoms with E-state index in [0.717, 1.165) is 6.07 Å². The summed E-state index contributed by atoms with van der Waals surface area (Å²) in [5.41, 5.74) is 0. The number of carbonyl (C=O) groups is 1. The Labute approximate surface area is 127 Å². The zero-order valence-corrected chi connectivity index (χ0v) is 14.0. The number of hydrogen-bond acceptors (Lipinski definition) is 5. The smallest absolute Gasteiger partial charge is 0.371 e. The highest BCUT2D eigenvalue weighted by Crippen LogP contribution is 2.26. The van der Waals surface area contributed by atoms with Crippen LogP contribution in [0.15, 0.2) is 20.0 Å². The molecule has 1 aromatic rings. The van der Waals surface area contributed by atoms with E-state index in [-0.39, 0.29) is 21.4 Å². The van der Waals surface area contributed by atoms with E-state index in [1.165, 1.54) is 0 Å². The Morgan fingerprint density at radius 3 is 2.65 bits per heavy atom. The molecule has 0 saturated carbocycles. The van der Waals surface area contributed by atoms with Gasteiger partial charge in [0.25, 0.3) is 0 Å². The standard InChI is InChI=1S/C10H14BrNO6S2/c1-6(19(2)15)3-4-12-20(16,17)8-5-7(10(13)14)18-9(8)11/h5-6,12H,3-4H2,1-2H3,(H,13,14). The average Bonchev–Trinajstić information content (AvgIpc) is 2.71. The van der Waals surface area contributed by atoms with Crippen molar-refractivity contribution in [3.63, 3.8) is 0 Å². The maximum Gasteiger partial charge on any atom is 0.371 e. The third-order valence-electron chi connectivity index (χ3n) is 2.57. The number of aromatic carboxylic acids is 1. The third-order valence-corrected chi connectivity index (χ3v) is 6.25. The Hall–Kier alpha value is -0.710. The van der Waals surface area contributed by atoms with Gasteiger partial charge in [-0.1, -0.05) is 6.92 Å². The summed E-state index contributed by atoms with van der Waals surface area (Å²) < 4.78 is 42.0. The highest BCUT2D eigenvalue weighted by molar-refractivity contribution is 9.10. The lowest BCUT2D eigenvalue weighted by atomic mass is 10.3. The van der Waals surface area contributed by atoms with Gasteiger partial charge in [0.1, 0.15) is 4.90 Å². The van der Waals surface area contributed by atoms with Crippen molar-refractivity contribution in [1.82, 2.24) is 4.72 Å². The molecule has 0 radical (unpaired) electrons. The molecule has 0 amide bonds. The van der Waals surface area contributed by atoms with Crippen LogP contribution in [0.2, 0.25) is 0 Å². The lowest BCUT2D eigenvalue weighted by Gasteiger charge is -2.09. The largest absolute Gasteiger partial charge is 0.475 e. The molecule has 0 aliphatic carbocycles. The van der Waals surface area contributed by atoms with Crippen LogP contribution in [0.25, 0.3) is 0 Å². The molecular formula is C10H14BrNO6S2. The summed E-state index contributed by atoms with van der Waals surface area (Å²) in [6.07, 6.45) is 1.95. The summed E-state index contributed by atoms with van der Waals surface area (Å²) in [6, 6.07) is 0.927. The number of halogens is 1. The van der Waals surface area contributed by atoms with Crippen LogP contribution in [0.1, 0.15) is 23.9 Å². The second-order valence-electron chi connectivity index (χ2n) is 4.05. The highest BCUT2D eigenvalue weighted by atomic mass is 79.9. The second kappa shape index (κ2) is 6.83. The van der Waals surface area contributed by atoms with Crippen LogP contribution in [0.3, 0.4) is 0 Å². The Balaban J connectivity index is 2.79. The molecule has 1 aromatic heterocycles. The summed E-state index contributed by atoms with van der Waals surface area (Å²) in [5.74, 6) is -1.83. The molecule has 7 nitrogen and oxygen atoms in total. The van der Waals surface area contributed by atoms with E-state index in [2.05, 4.69) is 20.7 Å². The van der Waals surface area contributed by atoms with E-state index in [9.17, 15) is 17.4 Å². The minimum Gasteiger partial charge on any atom is -0.475 e. The quantitative estimate of drug-likeness (QED) is 0.725. The van der Waals surface area contributed by atoms with E-state index < -0.39 is 32.6 Å². The van der Waals surface area contributed by atoms with Gasteiger partial charge in [0.15, 0.2) is 4.67 Å². The molecule has 0 aromatic carbocycles. The summed E-state index contributed by atoms with van der Waals surface area (Å²) >= 11 is 2.87. The van der Waals surface area contributed by atoms with Crippen molar-refractivity contribution in [3.05, 3.63) is 16.5 Å². The van der Waals surface area contributed by atoms with Gasteiger partial charge < -0.3 is 9.52 Å². The Morgan fingerprint density at radius 1 is 1.60 bits per heavy atom. The van der Waals surface area contributed by atoms with Gasteiger partial charge in [0, 0.05) is 34.9 Å². The Morgan fingerprint density at radius 2 is 2.20 bits per heavy atom. The van der Waals surface area contributed by atoms with E-state index in [0.29, 0.717) is 6.42 Å². The molecule has 0 spiro atoms. The van der Waals surface area contributed by atoms with Crippen LogP contribution in [-0.4, -0.2) is 41.8 Å². The van der Waals surface area contributed by atoms with Crippen LogP contribution in [0.4, 0.5) is 0 Å². The number of sulfonamides is 1. The normalized spacial score (nSPS) is 14.9. The van der Waals surface area contributed by atoms with Crippen molar-refractivity contribution >= 4 is 42.7 Å². The number of nitrogens with one attached hydrogen (secondary N) is 1. The predicted molar refractivity (Wildman–Crippen MR) is 76.7 cm³/mol. The zero-order valence-electron chi connectivity index (χ0n) is 10.8. The molecule has 114 valence electrons. The number of hydrogen-bond donors (Lipinski definition) is 2. The van der Waals surface area contributed by atoms with Crippen molar-refractivity contribution < 1.29 is 26.9 Å². The molecule has 2 N–H and O–H groups in total. The second-order valence-corrected chi connectivity index (χ2v) is 8.31. The Kier molecular flexibility index (Phi) is 5.92. The number of furan rings is 1. The summed E-state index contributed by atoms with van der Waals surface area (Å²) in [7, 11) is -4.91. The molecule has 0 bridgehead atoms. The van der Waals surface area contributed by atoms with Crippen molar-refractivity contribution in [3.8, 4) is 0 Å². The minimum atomic E-state index is -3.88. The van der Waals surface area contributed by atoms with E-state index in [4.69, 9.17) is 9.52 Å². The van der Waals surface area contributed by atoms with Crippen LogP contribution in [-0.2, 0) is 20.8 Å². The SMILES string of the molecule is CC(CCNS(=O)(=O)c1cc(C(=O)O)oc1Br)S(C)=O.